The molecule has 1 saturated heterocycles. The van der Waals surface area contributed by atoms with Crippen LogP contribution >= 0.6 is 0 Å². The molecule has 0 aromatic carbocycles. The summed E-state index contributed by atoms with van der Waals surface area (Å²) in [6.07, 6.45) is 0.445. The molecule has 4 N–H and O–H groups in total. The lowest BCUT2D eigenvalue weighted by Gasteiger charge is -2.26. The summed E-state index contributed by atoms with van der Waals surface area (Å²) in [6, 6.07) is 0. The Morgan fingerprint density at radius 3 is 2.82 bits per heavy atom. The number of amides is 1. The van der Waals surface area contributed by atoms with E-state index in [0.29, 0.717) is 18.9 Å². The Labute approximate surface area is 66.5 Å². The van der Waals surface area contributed by atoms with Crippen molar-refractivity contribution in [2.75, 3.05) is 26.2 Å². The van der Waals surface area contributed by atoms with Gasteiger partial charge in [-0.3, -0.25) is 4.79 Å². The predicted octanol–water partition coefficient (Wildman–Crippen LogP) is -1.33. The van der Waals surface area contributed by atoms with Gasteiger partial charge in [0.25, 0.3) is 0 Å². The van der Waals surface area contributed by atoms with E-state index in [1.54, 1.807) is 0 Å². The fraction of sp³-hybridized carbons (Fsp3) is 0.857. The SMILES string of the molecule is NCCC(=O)NCC1CNC1. The van der Waals surface area contributed by atoms with E-state index in [4.69, 9.17) is 5.73 Å². The van der Waals surface area contributed by atoms with E-state index in [1.807, 2.05) is 0 Å². The van der Waals surface area contributed by atoms with Gasteiger partial charge in [0.1, 0.15) is 0 Å². The van der Waals surface area contributed by atoms with Gasteiger partial charge in [0.05, 0.1) is 0 Å². The third kappa shape index (κ3) is 2.86. The highest BCUT2D eigenvalue weighted by molar-refractivity contribution is 5.76. The zero-order valence-electron chi connectivity index (χ0n) is 6.60. The molecule has 0 bridgehead atoms. The highest BCUT2D eigenvalue weighted by atomic mass is 16.1. The van der Waals surface area contributed by atoms with Crippen LogP contribution in [0.1, 0.15) is 6.42 Å². The van der Waals surface area contributed by atoms with Crippen molar-refractivity contribution >= 4 is 5.91 Å². The van der Waals surface area contributed by atoms with Crippen LogP contribution in [0.25, 0.3) is 0 Å². The number of nitrogens with two attached hydrogens (primary N) is 1. The van der Waals surface area contributed by atoms with Gasteiger partial charge < -0.3 is 16.4 Å². The summed E-state index contributed by atoms with van der Waals surface area (Å²) in [5.41, 5.74) is 5.21. The molecule has 1 amide bonds. The van der Waals surface area contributed by atoms with Crippen molar-refractivity contribution < 1.29 is 4.79 Å². The first-order chi connectivity index (χ1) is 5.33. The van der Waals surface area contributed by atoms with E-state index in [2.05, 4.69) is 10.6 Å². The molecule has 1 aliphatic heterocycles. The van der Waals surface area contributed by atoms with Crippen LogP contribution in [-0.4, -0.2) is 32.1 Å². The smallest absolute Gasteiger partial charge is 0.221 e. The lowest BCUT2D eigenvalue weighted by molar-refractivity contribution is -0.121. The number of rotatable bonds is 4. The van der Waals surface area contributed by atoms with E-state index in [1.165, 1.54) is 0 Å². The highest BCUT2D eigenvalue weighted by Crippen LogP contribution is 1.99. The average Bonchev–Trinajstić information content (AvgIpc) is 1.85. The molecule has 0 aliphatic carbocycles. The molecule has 11 heavy (non-hydrogen) atoms. The lowest BCUT2D eigenvalue weighted by Crippen LogP contribution is -2.48. The van der Waals surface area contributed by atoms with Gasteiger partial charge in [0.15, 0.2) is 0 Å². The molecule has 1 heterocycles. The molecule has 1 aliphatic rings. The van der Waals surface area contributed by atoms with Gasteiger partial charge >= 0.3 is 0 Å². The van der Waals surface area contributed by atoms with Crippen LogP contribution in [0.2, 0.25) is 0 Å². The average molecular weight is 157 g/mol. The lowest BCUT2D eigenvalue weighted by atomic mass is 10.0. The largest absolute Gasteiger partial charge is 0.356 e. The number of carbonyl (C=O) groups is 1. The van der Waals surface area contributed by atoms with Crippen LogP contribution < -0.4 is 16.4 Å². The minimum atomic E-state index is 0.0689. The summed E-state index contributed by atoms with van der Waals surface area (Å²) in [5, 5.41) is 5.97. The second-order valence-corrected chi connectivity index (χ2v) is 2.87. The maximum atomic E-state index is 10.9. The summed E-state index contributed by atoms with van der Waals surface area (Å²) in [7, 11) is 0. The van der Waals surface area contributed by atoms with Crippen LogP contribution in [0.5, 0.6) is 0 Å². The normalized spacial score (nSPS) is 17.5. The van der Waals surface area contributed by atoms with Crippen LogP contribution in [0.15, 0.2) is 0 Å². The standard InChI is InChI=1S/C7H15N3O/c8-2-1-7(11)10-5-6-3-9-4-6/h6,9H,1-5,8H2,(H,10,11). The molecule has 0 aromatic heterocycles. The Morgan fingerprint density at radius 2 is 2.36 bits per heavy atom. The molecule has 0 saturated carbocycles. The minimum absolute atomic E-state index is 0.0689. The second kappa shape index (κ2) is 4.31. The fourth-order valence-corrected chi connectivity index (χ4v) is 0.970. The quantitative estimate of drug-likeness (QED) is 0.473. The first-order valence-corrected chi connectivity index (χ1v) is 4.00. The van der Waals surface area contributed by atoms with Crippen molar-refractivity contribution in [1.29, 1.82) is 0 Å². The third-order valence-electron chi connectivity index (χ3n) is 1.83. The van der Waals surface area contributed by atoms with E-state index in [0.717, 1.165) is 19.6 Å². The van der Waals surface area contributed by atoms with Crippen LogP contribution in [0, 0.1) is 5.92 Å². The van der Waals surface area contributed by atoms with Crippen LogP contribution in [-0.2, 0) is 4.79 Å². The van der Waals surface area contributed by atoms with Gasteiger partial charge in [-0.1, -0.05) is 0 Å². The van der Waals surface area contributed by atoms with E-state index in [-0.39, 0.29) is 5.91 Å². The minimum Gasteiger partial charge on any atom is -0.356 e. The molecule has 4 heteroatoms. The van der Waals surface area contributed by atoms with Crippen molar-refractivity contribution in [3.63, 3.8) is 0 Å². The number of carbonyl (C=O) groups excluding carboxylic acids is 1. The van der Waals surface area contributed by atoms with Gasteiger partial charge in [-0.05, 0) is 0 Å². The van der Waals surface area contributed by atoms with Crippen molar-refractivity contribution in [3.05, 3.63) is 0 Å². The zero-order valence-corrected chi connectivity index (χ0v) is 6.60. The van der Waals surface area contributed by atoms with Crippen LogP contribution in [0.3, 0.4) is 0 Å². The Bertz CT molecular complexity index is 134. The molecule has 0 radical (unpaired) electrons. The molecule has 1 fully saturated rings. The van der Waals surface area contributed by atoms with Crippen molar-refractivity contribution in [2.24, 2.45) is 11.7 Å². The van der Waals surface area contributed by atoms with E-state index in [9.17, 15) is 4.79 Å². The molecule has 64 valence electrons. The summed E-state index contributed by atoms with van der Waals surface area (Å²) in [4.78, 5) is 10.9. The van der Waals surface area contributed by atoms with Crippen molar-refractivity contribution in [2.45, 2.75) is 6.42 Å². The van der Waals surface area contributed by atoms with Gasteiger partial charge in [-0.2, -0.15) is 0 Å². The van der Waals surface area contributed by atoms with Gasteiger partial charge in [-0.15, -0.1) is 0 Å². The van der Waals surface area contributed by atoms with Gasteiger partial charge in [-0.25, -0.2) is 0 Å². The van der Waals surface area contributed by atoms with E-state index >= 15 is 0 Å². The monoisotopic (exact) mass is 157 g/mol. The Kier molecular flexibility index (Phi) is 3.32. The summed E-state index contributed by atoms with van der Waals surface area (Å²) in [5.74, 6) is 0.705. The van der Waals surface area contributed by atoms with Crippen molar-refractivity contribution in [3.8, 4) is 0 Å². The molecule has 4 nitrogen and oxygen atoms in total. The second-order valence-electron chi connectivity index (χ2n) is 2.87. The Morgan fingerprint density at radius 1 is 1.64 bits per heavy atom. The van der Waals surface area contributed by atoms with Crippen LogP contribution in [0.4, 0.5) is 0 Å². The van der Waals surface area contributed by atoms with Gasteiger partial charge in [0.2, 0.25) is 5.91 Å². The summed E-state index contributed by atoms with van der Waals surface area (Å²) < 4.78 is 0. The maximum Gasteiger partial charge on any atom is 0.221 e. The molecule has 0 atom stereocenters. The van der Waals surface area contributed by atoms with E-state index < -0.39 is 0 Å². The summed E-state index contributed by atoms with van der Waals surface area (Å²) in [6.45, 7) is 3.30. The summed E-state index contributed by atoms with van der Waals surface area (Å²) >= 11 is 0. The molecule has 0 spiro atoms. The predicted molar refractivity (Wildman–Crippen MR) is 43.0 cm³/mol. The number of hydrogen-bond acceptors (Lipinski definition) is 3. The molecule has 1 rings (SSSR count). The van der Waals surface area contributed by atoms with Crippen molar-refractivity contribution in [1.82, 2.24) is 10.6 Å². The first kappa shape index (κ1) is 8.49. The zero-order chi connectivity index (χ0) is 8.10. The molecular weight excluding hydrogens is 142 g/mol. The maximum absolute atomic E-state index is 10.9. The first-order valence-electron chi connectivity index (χ1n) is 4.00. The highest BCUT2D eigenvalue weighted by Gasteiger charge is 2.16. The van der Waals surface area contributed by atoms with Gasteiger partial charge in [0, 0.05) is 38.5 Å². The molecular formula is C7H15N3O. The Hall–Kier alpha value is -0.610. The fourth-order valence-electron chi connectivity index (χ4n) is 0.970. The number of nitrogens with one attached hydrogen (secondary N) is 2. The number of hydrogen-bond donors (Lipinski definition) is 3. The Balaban J connectivity index is 1.96. The third-order valence-corrected chi connectivity index (χ3v) is 1.83. The molecule has 0 unspecified atom stereocenters. The topological polar surface area (TPSA) is 67.2 Å². The molecule has 0 aromatic rings.